The van der Waals surface area contributed by atoms with Crippen molar-refractivity contribution in [2.24, 2.45) is 4.99 Å². The van der Waals surface area contributed by atoms with Gasteiger partial charge in [0.05, 0.1) is 5.71 Å². The van der Waals surface area contributed by atoms with Gasteiger partial charge in [0, 0.05) is 45.3 Å². The molecule has 2 nitrogen and oxygen atoms in total. The van der Waals surface area contributed by atoms with E-state index in [1.165, 1.54) is 60.9 Å². The first-order valence-corrected chi connectivity index (χ1v) is 16.4. The van der Waals surface area contributed by atoms with Crippen molar-refractivity contribution in [3.8, 4) is 0 Å². The molecule has 4 aromatic carbocycles. The molecule has 1 aromatic heterocycles. The largest absolute Gasteiger partial charge is 0.340 e. The lowest BCUT2D eigenvalue weighted by atomic mass is 9.93. The summed E-state index contributed by atoms with van der Waals surface area (Å²) in [5.41, 5.74) is 5.95. The van der Waals surface area contributed by atoms with Crippen LogP contribution in [-0.2, 0) is 6.54 Å². The molecule has 1 aliphatic rings. The third kappa shape index (κ3) is 6.12. The van der Waals surface area contributed by atoms with Crippen molar-refractivity contribution in [1.82, 2.24) is 4.57 Å². The molecule has 0 radical (unpaired) electrons. The molecule has 6 rings (SSSR count). The number of rotatable bonds is 10. The Bertz CT molecular complexity index is 1920. The van der Waals surface area contributed by atoms with E-state index in [2.05, 4.69) is 122 Å². The van der Waals surface area contributed by atoms with Crippen LogP contribution in [-0.4, -0.2) is 16.8 Å². The molecule has 0 bridgehead atoms. The number of aromatic nitrogens is 1. The van der Waals surface area contributed by atoms with Gasteiger partial charge >= 0.3 is 0 Å². The minimum Gasteiger partial charge on any atom is -0.340 e. The number of aryl methyl sites for hydroxylation is 1. The highest BCUT2D eigenvalue weighted by atomic mass is 35.5. The number of aliphatic imine (C=N–C) groups is 1. The Kier molecular flexibility index (Phi) is 9.24. The van der Waals surface area contributed by atoms with E-state index < -0.39 is 0 Å². The summed E-state index contributed by atoms with van der Waals surface area (Å²) in [6.07, 6.45) is 16.6. The van der Waals surface area contributed by atoms with Crippen LogP contribution in [0.2, 0.25) is 0 Å². The molecule has 0 spiro atoms. The van der Waals surface area contributed by atoms with Gasteiger partial charge in [-0.25, -0.2) is 0 Å². The van der Waals surface area contributed by atoms with Gasteiger partial charge in [-0.3, -0.25) is 4.99 Å². The Morgan fingerprint density at radius 3 is 2.42 bits per heavy atom. The van der Waals surface area contributed by atoms with Crippen LogP contribution in [0.25, 0.3) is 38.5 Å². The zero-order valence-corrected chi connectivity index (χ0v) is 26.2. The topological polar surface area (TPSA) is 17.3 Å². The zero-order chi connectivity index (χ0) is 29.6. The third-order valence-corrected chi connectivity index (χ3v) is 9.16. The van der Waals surface area contributed by atoms with Crippen molar-refractivity contribution in [2.45, 2.75) is 65.3 Å². The van der Waals surface area contributed by atoms with Gasteiger partial charge in [0.2, 0.25) is 0 Å². The summed E-state index contributed by atoms with van der Waals surface area (Å²) < 4.78 is 2.50. The van der Waals surface area contributed by atoms with Crippen LogP contribution in [0.5, 0.6) is 0 Å². The fourth-order valence-electron chi connectivity index (χ4n) is 6.37. The van der Waals surface area contributed by atoms with Gasteiger partial charge < -0.3 is 4.57 Å². The van der Waals surface area contributed by atoms with Crippen LogP contribution in [0.15, 0.2) is 118 Å². The van der Waals surface area contributed by atoms with Gasteiger partial charge in [-0.05, 0) is 77.6 Å². The number of nitrogens with zero attached hydrogens (tertiary/aromatic N) is 2. The Balaban J connectivity index is 1.39. The number of benzene rings is 4. The second-order valence-electron chi connectivity index (χ2n) is 11.6. The second kappa shape index (κ2) is 13.6. The maximum Gasteiger partial charge on any atom is 0.0652 e. The summed E-state index contributed by atoms with van der Waals surface area (Å²) in [4.78, 5) is 5.06. The number of unbranched alkanes of at least 4 members (excludes halogenated alkanes) is 2. The molecule has 0 saturated heterocycles. The van der Waals surface area contributed by atoms with Crippen LogP contribution >= 0.6 is 11.6 Å². The molecule has 0 aliphatic heterocycles. The predicted molar refractivity (Wildman–Crippen MR) is 188 cm³/mol. The molecule has 0 saturated carbocycles. The first-order valence-electron chi connectivity index (χ1n) is 16.0. The van der Waals surface area contributed by atoms with Crippen molar-refractivity contribution >= 4 is 55.8 Å². The number of fused-ring (bicyclic) bond motifs is 1. The molecule has 0 amide bonds. The van der Waals surface area contributed by atoms with Crippen molar-refractivity contribution in [3.63, 3.8) is 0 Å². The Morgan fingerprint density at radius 1 is 0.814 bits per heavy atom. The molecular formula is C40H41ClN2. The van der Waals surface area contributed by atoms with Crippen LogP contribution in [0.4, 0.5) is 0 Å². The predicted octanol–water partition coefficient (Wildman–Crippen LogP) is 10.7. The van der Waals surface area contributed by atoms with Crippen molar-refractivity contribution in [3.05, 3.63) is 124 Å². The zero-order valence-electron chi connectivity index (χ0n) is 25.5. The van der Waals surface area contributed by atoms with Crippen LogP contribution < -0.4 is 5.35 Å². The lowest BCUT2D eigenvalue weighted by Crippen LogP contribution is -2.16. The first-order chi connectivity index (χ1) is 21.2. The minimum absolute atomic E-state index is 0.828. The Hall–Kier alpha value is -3.88. The van der Waals surface area contributed by atoms with Crippen molar-refractivity contribution < 1.29 is 0 Å². The second-order valence-corrected chi connectivity index (χ2v) is 12.0. The monoisotopic (exact) mass is 584 g/mol. The lowest BCUT2D eigenvalue weighted by Gasteiger charge is -2.17. The number of hydrogen-bond acceptors (Lipinski definition) is 1. The normalized spacial score (nSPS) is 16.2. The molecule has 0 unspecified atom stereocenters. The number of allylic oxidation sites excluding steroid dienone is 6. The van der Waals surface area contributed by atoms with Gasteiger partial charge in [-0.15, -0.1) is 0 Å². The Labute approximate surface area is 260 Å². The summed E-state index contributed by atoms with van der Waals surface area (Å²) in [7, 11) is 0. The fourth-order valence-corrected chi connectivity index (χ4v) is 6.69. The van der Waals surface area contributed by atoms with E-state index >= 15 is 0 Å². The van der Waals surface area contributed by atoms with Crippen LogP contribution in [0.3, 0.4) is 0 Å². The summed E-state index contributed by atoms with van der Waals surface area (Å²) in [6, 6.07) is 28.4. The third-order valence-electron chi connectivity index (χ3n) is 8.68. The quantitative estimate of drug-likeness (QED) is 0.115. The molecule has 218 valence electrons. The van der Waals surface area contributed by atoms with E-state index in [0.29, 0.717) is 0 Å². The van der Waals surface area contributed by atoms with E-state index in [4.69, 9.17) is 16.6 Å². The average molecular weight is 585 g/mol. The lowest BCUT2D eigenvalue weighted by molar-refractivity contribution is 0.640. The summed E-state index contributed by atoms with van der Waals surface area (Å²) in [5.74, 6) is 0. The maximum absolute atomic E-state index is 7.15. The van der Waals surface area contributed by atoms with Crippen molar-refractivity contribution in [2.75, 3.05) is 6.54 Å². The number of halogens is 1. The molecule has 43 heavy (non-hydrogen) atoms. The summed E-state index contributed by atoms with van der Waals surface area (Å²) in [5, 5.41) is 8.63. The molecule has 0 atom stereocenters. The smallest absolute Gasteiger partial charge is 0.0652 e. The van der Waals surface area contributed by atoms with Crippen LogP contribution in [0, 0.1) is 0 Å². The number of hydrogen-bond donors (Lipinski definition) is 0. The SMILES string of the molecule is CCCCN=C(/C=C/C1=C(Cl)C(=C/C=c2\c3cccc4cccc(c43)n2CCCC)/CCC1)c1cccc2ccccc12. The first kappa shape index (κ1) is 29.2. The van der Waals surface area contributed by atoms with E-state index in [1.54, 1.807) is 0 Å². The molecule has 1 aliphatic carbocycles. The fraction of sp³-hybridized carbons (Fsp3) is 0.275. The van der Waals surface area contributed by atoms with Gasteiger partial charge in [0.15, 0.2) is 0 Å². The highest BCUT2D eigenvalue weighted by Crippen LogP contribution is 2.34. The highest BCUT2D eigenvalue weighted by molar-refractivity contribution is 6.32. The Morgan fingerprint density at radius 2 is 1.56 bits per heavy atom. The molecule has 5 aromatic rings. The van der Waals surface area contributed by atoms with E-state index in [0.717, 1.165) is 62.4 Å². The van der Waals surface area contributed by atoms with E-state index in [-0.39, 0.29) is 0 Å². The summed E-state index contributed by atoms with van der Waals surface area (Å²) in [6.45, 7) is 6.32. The van der Waals surface area contributed by atoms with Gasteiger partial charge in [-0.1, -0.05) is 123 Å². The molecule has 0 N–H and O–H groups in total. The maximum atomic E-state index is 7.15. The van der Waals surface area contributed by atoms with Gasteiger partial charge in [-0.2, -0.15) is 0 Å². The minimum atomic E-state index is 0.828. The van der Waals surface area contributed by atoms with Gasteiger partial charge in [0.1, 0.15) is 0 Å². The molecule has 1 heterocycles. The van der Waals surface area contributed by atoms with E-state index in [1.807, 2.05) is 0 Å². The molecular weight excluding hydrogens is 544 g/mol. The molecule has 0 fully saturated rings. The highest BCUT2D eigenvalue weighted by Gasteiger charge is 2.15. The summed E-state index contributed by atoms with van der Waals surface area (Å²) >= 11 is 7.15. The van der Waals surface area contributed by atoms with E-state index in [9.17, 15) is 0 Å². The molecule has 3 heteroatoms. The average Bonchev–Trinajstić information content (AvgIpc) is 3.35. The van der Waals surface area contributed by atoms with Gasteiger partial charge in [0.25, 0.3) is 0 Å². The van der Waals surface area contributed by atoms with Crippen molar-refractivity contribution in [1.29, 1.82) is 0 Å². The standard InChI is InChI=1S/C40H41ClN2/c1-3-5-27-42-36(34-20-10-14-29-13-7-8-19-33(29)34)25-23-31-17-9-18-32(40(31)41)24-26-37-35-21-11-15-30-16-12-22-38(39(30)35)43(37)28-6-4-2/h7-8,10-16,19-26H,3-6,9,17-18,27-28H2,1-2H3/b25-23+,32-24+,37-26+,42-36?. The van der Waals surface area contributed by atoms with Crippen LogP contribution in [0.1, 0.15) is 64.4 Å².